The predicted octanol–water partition coefficient (Wildman–Crippen LogP) is 5.54. The molecule has 0 bridgehead atoms. The lowest BCUT2D eigenvalue weighted by Crippen LogP contribution is -2.31. The summed E-state index contributed by atoms with van der Waals surface area (Å²) in [7, 11) is 0. The molecule has 0 fully saturated rings. The number of hydrogen-bond acceptors (Lipinski definition) is 4. The summed E-state index contributed by atoms with van der Waals surface area (Å²) >= 11 is 6.24. The van der Waals surface area contributed by atoms with Crippen LogP contribution in [0, 0.1) is 13.8 Å². The van der Waals surface area contributed by atoms with Crippen LogP contribution >= 0.6 is 11.6 Å². The minimum absolute atomic E-state index is 0.249. The molecule has 3 aromatic heterocycles. The summed E-state index contributed by atoms with van der Waals surface area (Å²) in [6, 6.07) is 12.7. The van der Waals surface area contributed by atoms with Gasteiger partial charge in [-0.05, 0) is 55.8 Å². The van der Waals surface area contributed by atoms with Gasteiger partial charge in [0.15, 0.2) is 5.76 Å². The third-order valence-corrected chi connectivity index (χ3v) is 4.88. The lowest BCUT2D eigenvalue weighted by atomic mass is 10.1. The number of amides is 1. The minimum Gasteiger partial charge on any atom is -0.467 e. The van der Waals surface area contributed by atoms with Crippen molar-refractivity contribution < 1.29 is 13.6 Å². The van der Waals surface area contributed by atoms with Gasteiger partial charge in [-0.1, -0.05) is 17.7 Å². The maximum Gasteiger partial charge on any atom is 0.295 e. The Bertz CT molecular complexity index is 1100. The van der Waals surface area contributed by atoms with E-state index in [9.17, 15) is 4.79 Å². The van der Waals surface area contributed by atoms with Crippen LogP contribution < -0.4 is 4.90 Å². The molecule has 5 nitrogen and oxygen atoms in total. The molecule has 0 spiro atoms. The second kappa shape index (κ2) is 6.93. The van der Waals surface area contributed by atoms with E-state index < -0.39 is 0 Å². The van der Waals surface area contributed by atoms with Gasteiger partial charge in [-0.2, -0.15) is 0 Å². The third kappa shape index (κ3) is 3.22. The standard InChI is InChI=1S/C21H17ClN2O3/c1-13-10-18-16(11-17(13)22)14(2)20(27-18)21(25)24(12-15-6-5-9-26-15)19-7-3-4-8-23-19/h3-11H,12H2,1-2H3. The van der Waals surface area contributed by atoms with Gasteiger partial charge in [0, 0.05) is 22.2 Å². The number of rotatable bonds is 4. The smallest absolute Gasteiger partial charge is 0.295 e. The van der Waals surface area contributed by atoms with Crippen LogP contribution in [0.2, 0.25) is 5.02 Å². The number of anilines is 1. The number of carbonyl (C=O) groups is 1. The maximum atomic E-state index is 13.3. The van der Waals surface area contributed by atoms with Crippen molar-refractivity contribution in [3.05, 3.63) is 82.6 Å². The molecule has 0 aliphatic carbocycles. The molecular weight excluding hydrogens is 364 g/mol. The number of aryl methyl sites for hydroxylation is 2. The quantitative estimate of drug-likeness (QED) is 0.466. The van der Waals surface area contributed by atoms with Gasteiger partial charge < -0.3 is 8.83 Å². The molecule has 0 saturated carbocycles. The molecule has 3 heterocycles. The fourth-order valence-electron chi connectivity index (χ4n) is 3.00. The number of nitrogens with zero attached hydrogens (tertiary/aromatic N) is 2. The van der Waals surface area contributed by atoms with Gasteiger partial charge in [0.25, 0.3) is 5.91 Å². The van der Waals surface area contributed by atoms with Gasteiger partial charge >= 0.3 is 0 Å². The Balaban J connectivity index is 1.79. The van der Waals surface area contributed by atoms with Gasteiger partial charge in [-0.3, -0.25) is 9.69 Å². The summed E-state index contributed by atoms with van der Waals surface area (Å²) < 4.78 is 11.3. The summed E-state index contributed by atoms with van der Waals surface area (Å²) in [5.74, 6) is 1.16. The van der Waals surface area contributed by atoms with Gasteiger partial charge in [-0.15, -0.1) is 0 Å². The van der Waals surface area contributed by atoms with Crippen LogP contribution in [0.5, 0.6) is 0 Å². The molecule has 1 aromatic carbocycles. The molecule has 27 heavy (non-hydrogen) atoms. The highest BCUT2D eigenvalue weighted by Gasteiger charge is 2.26. The Morgan fingerprint density at radius 2 is 2.04 bits per heavy atom. The summed E-state index contributed by atoms with van der Waals surface area (Å²) in [6.07, 6.45) is 3.22. The summed E-state index contributed by atoms with van der Waals surface area (Å²) in [6.45, 7) is 4.01. The largest absolute Gasteiger partial charge is 0.467 e. The maximum absolute atomic E-state index is 13.3. The number of benzene rings is 1. The molecule has 0 atom stereocenters. The second-order valence-corrected chi connectivity index (χ2v) is 6.72. The van der Waals surface area contributed by atoms with Crippen LogP contribution in [0.25, 0.3) is 11.0 Å². The number of halogens is 1. The van der Waals surface area contributed by atoms with E-state index in [-0.39, 0.29) is 18.2 Å². The summed E-state index contributed by atoms with van der Waals surface area (Å²) in [4.78, 5) is 19.2. The zero-order chi connectivity index (χ0) is 19.0. The van der Waals surface area contributed by atoms with Crippen molar-refractivity contribution in [3.8, 4) is 0 Å². The van der Waals surface area contributed by atoms with Crippen LogP contribution in [-0.2, 0) is 6.54 Å². The summed E-state index contributed by atoms with van der Waals surface area (Å²) in [5.41, 5.74) is 2.28. The van der Waals surface area contributed by atoms with Crippen molar-refractivity contribution in [2.45, 2.75) is 20.4 Å². The lowest BCUT2D eigenvalue weighted by Gasteiger charge is -2.19. The molecule has 1 amide bonds. The zero-order valence-electron chi connectivity index (χ0n) is 14.9. The molecule has 0 unspecified atom stereocenters. The number of furan rings is 2. The Hall–Kier alpha value is -3.05. The fourth-order valence-corrected chi connectivity index (χ4v) is 3.16. The number of fused-ring (bicyclic) bond motifs is 1. The summed E-state index contributed by atoms with van der Waals surface area (Å²) in [5, 5.41) is 1.47. The predicted molar refractivity (Wildman–Crippen MR) is 104 cm³/mol. The van der Waals surface area contributed by atoms with Crippen LogP contribution in [0.15, 0.2) is 63.8 Å². The van der Waals surface area contributed by atoms with E-state index in [1.165, 1.54) is 4.90 Å². The van der Waals surface area contributed by atoms with Crippen LogP contribution in [0.3, 0.4) is 0 Å². The Labute approximate surface area is 161 Å². The first kappa shape index (κ1) is 17.4. The number of aromatic nitrogens is 1. The minimum atomic E-state index is -0.285. The monoisotopic (exact) mass is 380 g/mol. The highest BCUT2D eigenvalue weighted by atomic mass is 35.5. The van der Waals surface area contributed by atoms with E-state index in [4.69, 9.17) is 20.4 Å². The van der Waals surface area contributed by atoms with Crippen molar-refractivity contribution in [2.24, 2.45) is 0 Å². The van der Waals surface area contributed by atoms with E-state index in [1.54, 1.807) is 30.7 Å². The molecule has 0 saturated heterocycles. The molecule has 0 N–H and O–H groups in total. The van der Waals surface area contributed by atoms with Crippen molar-refractivity contribution in [2.75, 3.05) is 4.90 Å². The Morgan fingerprint density at radius 1 is 1.19 bits per heavy atom. The number of pyridine rings is 1. The highest BCUT2D eigenvalue weighted by Crippen LogP contribution is 2.31. The molecule has 136 valence electrons. The van der Waals surface area contributed by atoms with Crippen molar-refractivity contribution in [1.82, 2.24) is 4.98 Å². The molecule has 0 aliphatic heterocycles. The van der Waals surface area contributed by atoms with Gasteiger partial charge in [0.1, 0.15) is 17.2 Å². The SMILES string of the molecule is Cc1cc2oc(C(=O)N(Cc3ccco3)c3ccccn3)c(C)c2cc1Cl. The average molecular weight is 381 g/mol. The molecule has 4 rings (SSSR count). The van der Waals surface area contributed by atoms with Crippen molar-refractivity contribution >= 4 is 34.3 Å². The zero-order valence-corrected chi connectivity index (χ0v) is 15.7. The van der Waals surface area contributed by atoms with E-state index in [1.807, 2.05) is 38.1 Å². The molecule has 0 radical (unpaired) electrons. The first-order valence-corrected chi connectivity index (χ1v) is 8.87. The molecular formula is C21H17ClN2O3. The van der Waals surface area contributed by atoms with E-state index in [2.05, 4.69) is 4.98 Å². The van der Waals surface area contributed by atoms with Gasteiger partial charge in [0.2, 0.25) is 0 Å². The average Bonchev–Trinajstić information content (AvgIpc) is 3.29. The third-order valence-electron chi connectivity index (χ3n) is 4.48. The number of hydrogen-bond donors (Lipinski definition) is 0. The van der Waals surface area contributed by atoms with Gasteiger partial charge in [0.05, 0.1) is 12.8 Å². The first-order valence-electron chi connectivity index (χ1n) is 8.49. The first-order chi connectivity index (χ1) is 13.0. The van der Waals surface area contributed by atoms with Gasteiger partial charge in [-0.25, -0.2) is 4.98 Å². The van der Waals surface area contributed by atoms with Crippen molar-refractivity contribution in [3.63, 3.8) is 0 Å². The highest BCUT2D eigenvalue weighted by molar-refractivity contribution is 6.32. The van der Waals surface area contributed by atoms with Crippen LogP contribution in [-0.4, -0.2) is 10.9 Å². The molecule has 0 aliphatic rings. The van der Waals surface area contributed by atoms with Crippen LogP contribution in [0.4, 0.5) is 5.82 Å². The topological polar surface area (TPSA) is 59.5 Å². The fraction of sp³-hybridized carbons (Fsp3) is 0.143. The van der Waals surface area contributed by atoms with E-state index in [0.717, 1.165) is 16.5 Å². The second-order valence-electron chi connectivity index (χ2n) is 6.31. The van der Waals surface area contributed by atoms with E-state index >= 15 is 0 Å². The number of carbonyl (C=O) groups excluding carboxylic acids is 1. The molecule has 4 aromatic rings. The van der Waals surface area contributed by atoms with Crippen molar-refractivity contribution in [1.29, 1.82) is 0 Å². The lowest BCUT2D eigenvalue weighted by molar-refractivity contribution is 0.0957. The Morgan fingerprint density at radius 3 is 2.74 bits per heavy atom. The normalized spacial score (nSPS) is 11.1. The van der Waals surface area contributed by atoms with Crippen LogP contribution in [0.1, 0.15) is 27.4 Å². The molecule has 6 heteroatoms. The Kier molecular flexibility index (Phi) is 4.46. The van der Waals surface area contributed by atoms with E-state index in [0.29, 0.717) is 22.2 Å².